The van der Waals surface area contributed by atoms with Gasteiger partial charge in [0, 0.05) is 6.54 Å². The molecular weight excluding hydrogens is 206 g/mol. The van der Waals surface area contributed by atoms with Crippen LogP contribution in [0.4, 0.5) is 0 Å². The number of carbonyl (C=O) groups excluding carboxylic acids is 2. The number of amides is 1. The maximum Gasteiger partial charge on any atom is 0.260 e. The molecule has 0 heterocycles. The van der Waals surface area contributed by atoms with E-state index in [-0.39, 0.29) is 5.91 Å². The van der Waals surface area contributed by atoms with Crippen LogP contribution in [0.15, 0.2) is 24.3 Å². The van der Waals surface area contributed by atoms with E-state index in [0.717, 1.165) is 0 Å². The minimum absolute atomic E-state index is 0.191. The van der Waals surface area contributed by atoms with Gasteiger partial charge in [-0.25, -0.2) is 0 Å². The largest absolute Gasteiger partial charge is 0.480 e. The van der Waals surface area contributed by atoms with Gasteiger partial charge >= 0.3 is 0 Å². The summed E-state index contributed by atoms with van der Waals surface area (Å²) in [5, 5.41) is 2.65. The van der Waals surface area contributed by atoms with E-state index in [0.29, 0.717) is 24.1 Å². The average molecular weight is 221 g/mol. The van der Waals surface area contributed by atoms with Crippen LogP contribution in [0.3, 0.4) is 0 Å². The van der Waals surface area contributed by atoms with E-state index < -0.39 is 6.10 Å². The van der Waals surface area contributed by atoms with E-state index in [2.05, 4.69) is 5.32 Å². The second-order valence-electron chi connectivity index (χ2n) is 3.31. The zero-order valence-electron chi connectivity index (χ0n) is 9.40. The Hall–Kier alpha value is -1.84. The van der Waals surface area contributed by atoms with E-state index in [9.17, 15) is 9.59 Å². The van der Waals surface area contributed by atoms with Gasteiger partial charge in [-0.15, -0.1) is 0 Å². The summed E-state index contributed by atoms with van der Waals surface area (Å²) in [6.07, 6.45) is 0.0980. The van der Waals surface area contributed by atoms with Crippen molar-refractivity contribution in [3.63, 3.8) is 0 Å². The highest BCUT2D eigenvalue weighted by Gasteiger charge is 2.14. The Balaban J connectivity index is 2.72. The fourth-order valence-electron chi connectivity index (χ4n) is 1.25. The van der Waals surface area contributed by atoms with Gasteiger partial charge in [0.1, 0.15) is 5.75 Å². The minimum Gasteiger partial charge on any atom is -0.480 e. The Bertz CT molecular complexity index is 376. The predicted molar refractivity (Wildman–Crippen MR) is 60.6 cm³/mol. The fourth-order valence-corrected chi connectivity index (χ4v) is 1.25. The van der Waals surface area contributed by atoms with Crippen molar-refractivity contribution in [3.05, 3.63) is 29.8 Å². The minimum atomic E-state index is -0.610. The molecule has 4 heteroatoms. The Morgan fingerprint density at radius 1 is 1.50 bits per heavy atom. The highest BCUT2D eigenvalue weighted by atomic mass is 16.5. The van der Waals surface area contributed by atoms with Crippen LogP contribution >= 0.6 is 0 Å². The molecule has 0 spiro atoms. The lowest BCUT2D eigenvalue weighted by Gasteiger charge is -2.14. The van der Waals surface area contributed by atoms with E-state index in [1.807, 2.05) is 6.92 Å². The summed E-state index contributed by atoms with van der Waals surface area (Å²) in [4.78, 5) is 22.1. The smallest absolute Gasteiger partial charge is 0.260 e. The van der Waals surface area contributed by atoms with Crippen molar-refractivity contribution < 1.29 is 14.3 Å². The molecule has 0 saturated carbocycles. The zero-order chi connectivity index (χ0) is 12.0. The maximum absolute atomic E-state index is 11.4. The first-order valence-corrected chi connectivity index (χ1v) is 5.17. The fraction of sp³-hybridized carbons (Fsp3) is 0.333. The molecule has 0 fully saturated rings. The number of para-hydroxylation sites is 1. The lowest BCUT2D eigenvalue weighted by Crippen LogP contribution is -2.36. The molecule has 1 unspecified atom stereocenters. The predicted octanol–water partition coefficient (Wildman–Crippen LogP) is 1.40. The van der Waals surface area contributed by atoms with Crippen LogP contribution in [0.25, 0.3) is 0 Å². The summed E-state index contributed by atoms with van der Waals surface area (Å²) in [6, 6.07) is 6.81. The molecule has 86 valence electrons. The number of rotatable bonds is 5. The van der Waals surface area contributed by atoms with Gasteiger partial charge in [0.15, 0.2) is 12.4 Å². The number of aldehydes is 1. The summed E-state index contributed by atoms with van der Waals surface area (Å²) in [5.74, 6) is 0.236. The normalized spacial score (nSPS) is 11.6. The average Bonchev–Trinajstić information content (AvgIpc) is 2.30. The van der Waals surface area contributed by atoms with Crippen LogP contribution in [-0.4, -0.2) is 24.8 Å². The quantitative estimate of drug-likeness (QED) is 0.765. The standard InChI is InChI=1S/C12H15NO3/c1-3-13-12(15)9(2)16-11-7-5-4-6-10(11)8-14/h4-9H,3H2,1-2H3,(H,13,15). The van der Waals surface area contributed by atoms with E-state index in [1.165, 1.54) is 0 Å². The van der Waals surface area contributed by atoms with Crippen molar-refractivity contribution in [2.45, 2.75) is 20.0 Å². The first-order chi connectivity index (χ1) is 7.69. The highest BCUT2D eigenvalue weighted by molar-refractivity contribution is 5.82. The summed E-state index contributed by atoms with van der Waals surface area (Å²) in [7, 11) is 0. The Labute approximate surface area is 94.6 Å². The van der Waals surface area contributed by atoms with Crippen LogP contribution in [-0.2, 0) is 4.79 Å². The van der Waals surface area contributed by atoms with Crippen molar-refractivity contribution >= 4 is 12.2 Å². The van der Waals surface area contributed by atoms with Crippen molar-refractivity contribution in [2.24, 2.45) is 0 Å². The summed E-state index contributed by atoms with van der Waals surface area (Å²) in [5.41, 5.74) is 0.443. The number of benzene rings is 1. The molecule has 1 amide bonds. The molecular formula is C12H15NO3. The SMILES string of the molecule is CCNC(=O)C(C)Oc1ccccc1C=O. The highest BCUT2D eigenvalue weighted by Crippen LogP contribution is 2.17. The Morgan fingerprint density at radius 2 is 2.19 bits per heavy atom. The van der Waals surface area contributed by atoms with Crippen LogP contribution in [0.1, 0.15) is 24.2 Å². The molecule has 0 radical (unpaired) electrons. The van der Waals surface area contributed by atoms with Crippen LogP contribution < -0.4 is 10.1 Å². The topological polar surface area (TPSA) is 55.4 Å². The molecule has 1 N–H and O–H groups in total. The number of hydrogen-bond acceptors (Lipinski definition) is 3. The van der Waals surface area contributed by atoms with E-state index in [1.54, 1.807) is 31.2 Å². The lowest BCUT2D eigenvalue weighted by atomic mass is 10.2. The summed E-state index contributed by atoms with van der Waals surface area (Å²) >= 11 is 0. The zero-order valence-corrected chi connectivity index (χ0v) is 9.40. The number of likely N-dealkylation sites (N-methyl/N-ethyl adjacent to an activating group) is 1. The third-order valence-electron chi connectivity index (χ3n) is 2.07. The molecule has 0 bridgehead atoms. The second kappa shape index (κ2) is 5.90. The molecule has 0 saturated heterocycles. The number of carbonyl (C=O) groups is 2. The van der Waals surface area contributed by atoms with Crippen LogP contribution in [0, 0.1) is 0 Å². The van der Waals surface area contributed by atoms with Crippen LogP contribution in [0.5, 0.6) is 5.75 Å². The molecule has 0 aliphatic rings. The van der Waals surface area contributed by atoms with Gasteiger partial charge in [0.2, 0.25) is 0 Å². The van der Waals surface area contributed by atoms with Gasteiger partial charge in [-0.05, 0) is 26.0 Å². The summed E-state index contributed by atoms with van der Waals surface area (Å²) in [6.45, 7) is 4.04. The van der Waals surface area contributed by atoms with Gasteiger partial charge in [-0.2, -0.15) is 0 Å². The Morgan fingerprint density at radius 3 is 2.81 bits per heavy atom. The van der Waals surface area contributed by atoms with Gasteiger partial charge in [0.25, 0.3) is 5.91 Å². The van der Waals surface area contributed by atoms with E-state index in [4.69, 9.17) is 4.74 Å². The second-order valence-corrected chi connectivity index (χ2v) is 3.31. The van der Waals surface area contributed by atoms with Gasteiger partial charge < -0.3 is 10.1 Å². The van der Waals surface area contributed by atoms with Crippen molar-refractivity contribution in [2.75, 3.05) is 6.54 Å². The molecule has 0 aromatic heterocycles. The van der Waals surface area contributed by atoms with E-state index >= 15 is 0 Å². The van der Waals surface area contributed by atoms with Gasteiger partial charge in [0.05, 0.1) is 5.56 Å². The molecule has 1 rings (SSSR count). The maximum atomic E-state index is 11.4. The molecule has 0 aliphatic carbocycles. The first-order valence-electron chi connectivity index (χ1n) is 5.17. The molecule has 16 heavy (non-hydrogen) atoms. The molecule has 1 atom stereocenters. The first kappa shape index (κ1) is 12.2. The van der Waals surface area contributed by atoms with Crippen LogP contribution in [0.2, 0.25) is 0 Å². The molecule has 4 nitrogen and oxygen atoms in total. The third-order valence-corrected chi connectivity index (χ3v) is 2.07. The number of ether oxygens (including phenoxy) is 1. The van der Waals surface area contributed by atoms with Crippen molar-refractivity contribution in [3.8, 4) is 5.75 Å². The molecule has 0 aliphatic heterocycles. The number of nitrogens with one attached hydrogen (secondary N) is 1. The Kier molecular flexibility index (Phi) is 4.51. The molecule has 1 aromatic rings. The number of hydrogen-bond donors (Lipinski definition) is 1. The molecule has 1 aromatic carbocycles. The van der Waals surface area contributed by atoms with Gasteiger partial charge in [-0.1, -0.05) is 12.1 Å². The van der Waals surface area contributed by atoms with Gasteiger partial charge in [-0.3, -0.25) is 9.59 Å². The lowest BCUT2D eigenvalue weighted by molar-refractivity contribution is -0.127. The summed E-state index contributed by atoms with van der Waals surface area (Å²) < 4.78 is 5.41. The van der Waals surface area contributed by atoms with Crippen molar-refractivity contribution in [1.82, 2.24) is 5.32 Å². The third kappa shape index (κ3) is 3.08. The monoisotopic (exact) mass is 221 g/mol. The van der Waals surface area contributed by atoms with Crippen molar-refractivity contribution in [1.29, 1.82) is 0 Å².